The Morgan fingerprint density at radius 1 is 1.26 bits per heavy atom. The lowest BCUT2D eigenvalue weighted by molar-refractivity contribution is 0.102. The molecule has 98 valence electrons. The summed E-state index contributed by atoms with van der Waals surface area (Å²) < 4.78 is 13.1. The topological polar surface area (TPSA) is 49.3 Å². The van der Waals surface area contributed by atoms with Gasteiger partial charge in [-0.2, -0.15) is 0 Å². The van der Waals surface area contributed by atoms with Gasteiger partial charge in [0, 0.05) is 10.7 Å². The fourth-order valence-corrected chi connectivity index (χ4v) is 1.78. The summed E-state index contributed by atoms with van der Waals surface area (Å²) in [5.74, 6) is -1.47. The Balaban J connectivity index is 2.30. The van der Waals surface area contributed by atoms with Crippen molar-refractivity contribution in [2.24, 2.45) is 0 Å². The summed E-state index contributed by atoms with van der Waals surface area (Å²) in [5, 5.41) is 12.6. The van der Waals surface area contributed by atoms with Crippen molar-refractivity contribution < 1.29 is 14.3 Å². The Bertz CT molecular complexity index is 643. The summed E-state index contributed by atoms with van der Waals surface area (Å²) in [6.45, 7) is 1.80. The van der Waals surface area contributed by atoms with Gasteiger partial charge in [-0.3, -0.25) is 4.79 Å². The Morgan fingerprint density at radius 2 is 2.00 bits per heavy atom. The number of phenols is 1. The average Bonchev–Trinajstić information content (AvgIpc) is 2.36. The number of benzene rings is 2. The predicted octanol–water partition coefficient (Wildman–Crippen LogP) is 3.75. The molecule has 2 aromatic rings. The number of hydrogen-bond donors (Lipinski definition) is 2. The highest BCUT2D eigenvalue weighted by Gasteiger charge is 2.13. The molecule has 0 fully saturated rings. The number of phenolic OH excluding ortho intramolecular Hbond substituents is 1. The summed E-state index contributed by atoms with van der Waals surface area (Å²) >= 11 is 5.84. The molecular weight excluding hydrogens is 269 g/mol. The van der Waals surface area contributed by atoms with Crippen molar-refractivity contribution in [2.75, 3.05) is 5.32 Å². The van der Waals surface area contributed by atoms with E-state index in [1.165, 1.54) is 0 Å². The van der Waals surface area contributed by atoms with Crippen LogP contribution in [0.4, 0.5) is 10.1 Å². The normalized spacial score (nSPS) is 10.3. The molecule has 0 aromatic heterocycles. The van der Waals surface area contributed by atoms with Crippen LogP contribution in [-0.2, 0) is 0 Å². The van der Waals surface area contributed by atoms with E-state index in [4.69, 9.17) is 11.6 Å². The molecule has 0 unspecified atom stereocenters. The maximum absolute atomic E-state index is 13.1. The van der Waals surface area contributed by atoms with Crippen LogP contribution in [0.3, 0.4) is 0 Å². The quantitative estimate of drug-likeness (QED) is 0.880. The highest BCUT2D eigenvalue weighted by atomic mass is 35.5. The Labute approximate surface area is 114 Å². The molecule has 2 rings (SSSR count). The third-order valence-electron chi connectivity index (χ3n) is 2.65. The summed E-state index contributed by atoms with van der Waals surface area (Å²) in [6.07, 6.45) is 0. The molecule has 5 heteroatoms. The first-order chi connectivity index (χ1) is 8.97. The van der Waals surface area contributed by atoms with Crippen LogP contribution < -0.4 is 5.32 Å². The van der Waals surface area contributed by atoms with Gasteiger partial charge in [-0.15, -0.1) is 0 Å². The van der Waals surface area contributed by atoms with E-state index >= 15 is 0 Å². The number of amides is 1. The fraction of sp³-hybridized carbons (Fsp3) is 0.0714. The third-order valence-corrected chi connectivity index (χ3v) is 2.89. The highest BCUT2D eigenvalue weighted by molar-refractivity contribution is 6.31. The van der Waals surface area contributed by atoms with Crippen LogP contribution in [0.2, 0.25) is 5.02 Å². The van der Waals surface area contributed by atoms with Gasteiger partial charge in [0.25, 0.3) is 5.91 Å². The highest BCUT2D eigenvalue weighted by Crippen LogP contribution is 2.23. The lowest BCUT2D eigenvalue weighted by Gasteiger charge is -2.09. The van der Waals surface area contributed by atoms with Crippen molar-refractivity contribution >= 4 is 23.2 Å². The number of hydrogen-bond acceptors (Lipinski definition) is 2. The summed E-state index contributed by atoms with van der Waals surface area (Å²) in [6, 6.07) is 8.23. The average molecular weight is 280 g/mol. The van der Waals surface area contributed by atoms with E-state index in [1.807, 2.05) is 0 Å². The molecule has 0 heterocycles. The van der Waals surface area contributed by atoms with E-state index < -0.39 is 11.7 Å². The van der Waals surface area contributed by atoms with Gasteiger partial charge in [0.2, 0.25) is 0 Å². The Hall–Kier alpha value is -2.07. The number of carbonyl (C=O) groups excluding carboxylic acids is 1. The van der Waals surface area contributed by atoms with Gasteiger partial charge >= 0.3 is 0 Å². The van der Waals surface area contributed by atoms with Crippen molar-refractivity contribution in [2.45, 2.75) is 6.92 Å². The summed E-state index contributed by atoms with van der Waals surface area (Å²) in [4.78, 5) is 12.0. The molecule has 1 amide bonds. The molecule has 0 saturated heterocycles. The maximum atomic E-state index is 13.1. The zero-order valence-electron chi connectivity index (χ0n) is 10.1. The van der Waals surface area contributed by atoms with Gasteiger partial charge in [0.1, 0.15) is 11.6 Å². The van der Waals surface area contributed by atoms with Crippen LogP contribution in [-0.4, -0.2) is 11.0 Å². The zero-order valence-corrected chi connectivity index (χ0v) is 10.8. The van der Waals surface area contributed by atoms with Crippen LogP contribution in [0, 0.1) is 12.7 Å². The van der Waals surface area contributed by atoms with Crippen molar-refractivity contribution in [1.29, 1.82) is 0 Å². The third kappa shape index (κ3) is 3.03. The van der Waals surface area contributed by atoms with E-state index in [0.717, 1.165) is 23.8 Å². The van der Waals surface area contributed by atoms with Gasteiger partial charge in [-0.1, -0.05) is 17.7 Å². The molecule has 2 aromatic carbocycles. The van der Waals surface area contributed by atoms with Gasteiger partial charge < -0.3 is 10.4 Å². The monoisotopic (exact) mass is 279 g/mol. The van der Waals surface area contributed by atoms with Crippen LogP contribution in [0.15, 0.2) is 36.4 Å². The van der Waals surface area contributed by atoms with Gasteiger partial charge in [0.05, 0.1) is 5.56 Å². The number of aryl methyl sites for hydroxylation is 1. The number of carbonyl (C=O) groups is 1. The van der Waals surface area contributed by atoms with Crippen molar-refractivity contribution in [3.05, 3.63) is 58.4 Å². The maximum Gasteiger partial charge on any atom is 0.259 e. The SMILES string of the molecule is Cc1ccc(Cl)cc1NC(=O)c1cc(F)ccc1O. The second-order valence-corrected chi connectivity index (χ2v) is 4.51. The molecule has 0 spiro atoms. The Morgan fingerprint density at radius 3 is 2.74 bits per heavy atom. The lowest BCUT2D eigenvalue weighted by Crippen LogP contribution is -2.13. The lowest BCUT2D eigenvalue weighted by atomic mass is 10.1. The van der Waals surface area contributed by atoms with Crippen molar-refractivity contribution in [1.82, 2.24) is 0 Å². The second kappa shape index (κ2) is 5.28. The zero-order chi connectivity index (χ0) is 14.0. The molecule has 0 saturated carbocycles. The molecule has 0 aliphatic rings. The molecule has 0 aliphatic carbocycles. The summed E-state index contributed by atoms with van der Waals surface area (Å²) in [5.41, 5.74) is 1.20. The fourth-order valence-electron chi connectivity index (χ4n) is 1.61. The minimum Gasteiger partial charge on any atom is -0.507 e. The predicted molar refractivity (Wildman–Crippen MR) is 72.2 cm³/mol. The van der Waals surface area contributed by atoms with Crippen LogP contribution in [0.1, 0.15) is 15.9 Å². The molecule has 0 radical (unpaired) electrons. The van der Waals surface area contributed by atoms with E-state index in [1.54, 1.807) is 25.1 Å². The van der Waals surface area contributed by atoms with Crippen LogP contribution in [0.25, 0.3) is 0 Å². The Kier molecular flexibility index (Phi) is 3.71. The number of aromatic hydroxyl groups is 1. The summed E-state index contributed by atoms with van der Waals surface area (Å²) in [7, 11) is 0. The van der Waals surface area contributed by atoms with Crippen molar-refractivity contribution in [3.8, 4) is 5.75 Å². The molecule has 0 aliphatic heterocycles. The standard InChI is InChI=1S/C14H11ClFNO2/c1-8-2-3-9(15)6-12(8)17-14(19)11-7-10(16)4-5-13(11)18/h2-7,18H,1H3,(H,17,19). The number of anilines is 1. The number of rotatable bonds is 2. The van der Waals surface area contributed by atoms with Gasteiger partial charge in [-0.25, -0.2) is 4.39 Å². The first-order valence-electron chi connectivity index (χ1n) is 5.53. The van der Waals surface area contributed by atoms with Crippen LogP contribution >= 0.6 is 11.6 Å². The molecule has 3 nitrogen and oxygen atoms in total. The van der Waals surface area contributed by atoms with E-state index in [0.29, 0.717) is 10.7 Å². The minimum absolute atomic E-state index is 0.126. The molecule has 2 N–H and O–H groups in total. The molecule has 19 heavy (non-hydrogen) atoms. The number of halogens is 2. The smallest absolute Gasteiger partial charge is 0.259 e. The van der Waals surface area contributed by atoms with Gasteiger partial charge in [-0.05, 0) is 42.8 Å². The van der Waals surface area contributed by atoms with Gasteiger partial charge in [0.15, 0.2) is 0 Å². The van der Waals surface area contributed by atoms with E-state index in [2.05, 4.69) is 5.32 Å². The first-order valence-corrected chi connectivity index (χ1v) is 5.91. The molecular formula is C14H11ClFNO2. The first kappa shape index (κ1) is 13.4. The van der Waals surface area contributed by atoms with E-state index in [-0.39, 0.29) is 11.3 Å². The second-order valence-electron chi connectivity index (χ2n) is 4.07. The minimum atomic E-state index is -0.595. The van der Waals surface area contributed by atoms with Crippen molar-refractivity contribution in [3.63, 3.8) is 0 Å². The number of nitrogens with one attached hydrogen (secondary N) is 1. The largest absolute Gasteiger partial charge is 0.507 e. The van der Waals surface area contributed by atoms with E-state index in [9.17, 15) is 14.3 Å². The molecule has 0 atom stereocenters. The molecule has 0 bridgehead atoms. The van der Waals surface area contributed by atoms with Crippen LogP contribution in [0.5, 0.6) is 5.75 Å².